The quantitative estimate of drug-likeness (QED) is 0.853. The highest BCUT2D eigenvalue weighted by atomic mass is 19.1. The molecule has 1 saturated heterocycles. The molecule has 104 valence electrons. The maximum Gasteiger partial charge on any atom is 0.237 e. The summed E-state index contributed by atoms with van der Waals surface area (Å²) in [5.41, 5.74) is 6.88. The summed E-state index contributed by atoms with van der Waals surface area (Å²) >= 11 is 0. The van der Waals surface area contributed by atoms with Crippen molar-refractivity contribution < 1.29 is 9.18 Å². The van der Waals surface area contributed by atoms with Gasteiger partial charge in [-0.15, -0.1) is 0 Å². The third-order valence-corrected chi connectivity index (χ3v) is 3.64. The fourth-order valence-electron chi connectivity index (χ4n) is 2.54. The Morgan fingerprint density at radius 2 is 2.37 bits per heavy atom. The molecule has 0 aromatic heterocycles. The summed E-state index contributed by atoms with van der Waals surface area (Å²) in [5.74, 6) is -0.234. The Hall–Kier alpha value is -1.46. The van der Waals surface area contributed by atoms with Gasteiger partial charge >= 0.3 is 0 Å². The number of likely N-dealkylation sites (tertiary alicyclic amines) is 1. The predicted octanol–water partition coefficient (Wildman–Crippen LogP) is 0.995. The number of amides is 1. The molecule has 1 fully saturated rings. The van der Waals surface area contributed by atoms with Crippen LogP contribution in [0.15, 0.2) is 18.2 Å². The molecule has 1 aromatic rings. The van der Waals surface area contributed by atoms with E-state index < -0.39 is 0 Å². The van der Waals surface area contributed by atoms with E-state index in [1.165, 1.54) is 6.07 Å². The molecule has 0 aliphatic carbocycles. The van der Waals surface area contributed by atoms with E-state index in [0.29, 0.717) is 18.7 Å². The van der Waals surface area contributed by atoms with Crippen LogP contribution in [0.1, 0.15) is 24.0 Å². The Labute approximate surface area is 112 Å². The average molecular weight is 265 g/mol. The van der Waals surface area contributed by atoms with Crippen LogP contribution in [0.25, 0.3) is 0 Å². The van der Waals surface area contributed by atoms with Crippen molar-refractivity contribution in [2.45, 2.75) is 32.0 Å². The molecule has 1 unspecified atom stereocenters. The summed E-state index contributed by atoms with van der Waals surface area (Å²) in [6.07, 6.45) is 1.81. The number of halogens is 1. The monoisotopic (exact) mass is 265 g/mol. The third kappa shape index (κ3) is 3.11. The maximum atomic E-state index is 13.9. The van der Waals surface area contributed by atoms with Crippen LogP contribution >= 0.6 is 0 Å². The van der Waals surface area contributed by atoms with Gasteiger partial charge in [-0.1, -0.05) is 12.1 Å². The number of nitrogens with two attached hydrogens (primary N) is 1. The summed E-state index contributed by atoms with van der Waals surface area (Å²) in [5, 5.41) is 2.66. The van der Waals surface area contributed by atoms with Crippen molar-refractivity contribution in [3.63, 3.8) is 0 Å². The lowest BCUT2D eigenvalue weighted by Crippen LogP contribution is -2.41. The van der Waals surface area contributed by atoms with Gasteiger partial charge in [-0.25, -0.2) is 4.39 Å². The minimum atomic E-state index is -0.245. The zero-order chi connectivity index (χ0) is 13.8. The fraction of sp³-hybridized carbons (Fsp3) is 0.500. The zero-order valence-electron chi connectivity index (χ0n) is 11.2. The van der Waals surface area contributed by atoms with E-state index in [1.807, 2.05) is 11.0 Å². The molecular formula is C14H20FN3O. The molecule has 1 amide bonds. The minimum absolute atomic E-state index is 0.0106. The highest BCUT2D eigenvalue weighted by Crippen LogP contribution is 2.21. The molecule has 1 atom stereocenters. The molecule has 1 aliphatic heterocycles. The second-order valence-electron chi connectivity index (χ2n) is 4.87. The molecule has 3 N–H and O–H groups in total. The SMILES string of the molecule is CNC(=O)C1CCCN1Cc1ccc(CN)cc1F. The van der Waals surface area contributed by atoms with Gasteiger partial charge in [0, 0.05) is 25.7 Å². The summed E-state index contributed by atoms with van der Waals surface area (Å²) in [6.45, 7) is 1.63. The van der Waals surface area contributed by atoms with Crippen molar-refractivity contribution in [1.82, 2.24) is 10.2 Å². The second kappa shape index (κ2) is 6.12. The Morgan fingerprint density at radius 3 is 3.00 bits per heavy atom. The van der Waals surface area contributed by atoms with E-state index in [2.05, 4.69) is 5.32 Å². The van der Waals surface area contributed by atoms with Gasteiger partial charge in [-0.3, -0.25) is 9.69 Å². The van der Waals surface area contributed by atoms with Gasteiger partial charge in [-0.2, -0.15) is 0 Å². The third-order valence-electron chi connectivity index (χ3n) is 3.64. The van der Waals surface area contributed by atoms with Gasteiger partial charge in [0.1, 0.15) is 5.82 Å². The van der Waals surface area contributed by atoms with Crippen LogP contribution in [-0.2, 0) is 17.9 Å². The Morgan fingerprint density at radius 1 is 1.58 bits per heavy atom. The molecule has 0 radical (unpaired) electrons. The highest BCUT2D eigenvalue weighted by Gasteiger charge is 2.30. The molecule has 1 aromatic carbocycles. The van der Waals surface area contributed by atoms with E-state index in [1.54, 1.807) is 13.1 Å². The first kappa shape index (κ1) is 14.0. The lowest BCUT2D eigenvalue weighted by molar-refractivity contribution is -0.125. The van der Waals surface area contributed by atoms with Gasteiger partial charge in [-0.05, 0) is 31.0 Å². The van der Waals surface area contributed by atoms with E-state index in [9.17, 15) is 9.18 Å². The predicted molar refractivity (Wildman–Crippen MR) is 71.8 cm³/mol. The highest BCUT2D eigenvalue weighted by molar-refractivity contribution is 5.81. The molecule has 1 heterocycles. The molecule has 19 heavy (non-hydrogen) atoms. The van der Waals surface area contributed by atoms with Crippen LogP contribution in [0.5, 0.6) is 0 Å². The van der Waals surface area contributed by atoms with Crippen LogP contribution in [0.4, 0.5) is 4.39 Å². The largest absolute Gasteiger partial charge is 0.358 e. The second-order valence-corrected chi connectivity index (χ2v) is 4.87. The summed E-state index contributed by atoms with van der Waals surface area (Å²) in [6, 6.07) is 4.93. The Balaban J connectivity index is 2.10. The number of likely N-dealkylation sites (N-methyl/N-ethyl adjacent to an activating group) is 1. The van der Waals surface area contributed by atoms with Crippen molar-refractivity contribution in [2.24, 2.45) is 5.73 Å². The number of carbonyl (C=O) groups is 1. The number of hydrogen-bond acceptors (Lipinski definition) is 3. The molecule has 5 heteroatoms. The van der Waals surface area contributed by atoms with Gasteiger partial charge < -0.3 is 11.1 Å². The van der Waals surface area contributed by atoms with Crippen LogP contribution < -0.4 is 11.1 Å². The van der Waals surface area contributed by atoms with Crippen LogP contribution in [0.3, 0.4) is 0 Å². The molecule has 2 rings (SSSR count). The topological polar surface area (TPSA) is 58.4 Å². The Bertz CT molecular complexity index is 464. The standard InChI is InChI=1S/C14H20FN3O/c1-17-14(19)13-3-2-6-18(13)9-11-5-4-10(8-16)7-12(11)15/h4-5,7,13H,2-3,6,8-9,16H2,1H3,(H,17,19). The van der Waals surface area contributed by atoms with Crippen LogP contribution in [0.2, 0.25) is 0 Å². The van der Waals surface area contributed by atoms with Gasteiger partial charge in [0.15, 0.2) is 0 Å². The molecule has 1 aliphatic rings. The lowest BCUT2D eigenvalue weighted by Gasteiger charge is -2.23. The van der Waals surface area contributed by atoms with Crippen molar-refractivity contribution in [3.8, 4) is 0 Å². The summed E-state index contributed by atoms with van der Waals surface area (Å²) in [4.78, 5) is 13.8. The average Bonchev–Trinajstić information content (AvgIpc) is 2.88. The Kier molecular flexibility index (Phi) is 4.50. The smallest absolute Gasteiger partial charge is 0.237 e. The minimum Gasteiger partial charge on any atom is -0.358 e. The fourth-order valence-corrected chi connectivity index (χ4v) is 2.54. The van der Waals surface area contributed by atoms with E-state index >= 15 is 0 Å². The normalized spacial score (nSPS) is 19.6. The molecule has 0 saturated carbocycles. The number of hydrogen-bond donors (Lipinski definition) is 2. The van der Waals surface area contributed by atoms with Gasteiger partial charge in [0.25, 0.3) is 0 Å². The molecule has 0 bridgehead atoms. The van der Waals surface area contributed by atoms with E-state index in [4.69, 9.17) is 5.73 Å². The van der Waals surface area contributed by atoms with Crippen LogP contribution in [-0.4, -0.2) is 30.4 Å². The van der Waals surface area contributed by atoms with Crippen molar-refractivity contribution >= 4 is 5.91 Å². The summed E-state index contributed by atoms with van der Waals surface area (Å²) < 4.78 is 13.9. The summed E-state index contributed by atoms with van der Waals surface area (Å²) in [7, 11) is 1.63. The molecule has 0 spiro atoms. The molecule has 4 nitrogen and oxygen atoms in total. The lowest BCUT2D eigenvalue weighted by atomic mass is 10.1. The number of rotatable bonds is 4. The van der Waals surface area contributed by atoms with E-state index in [-0.39, 0.29) is 17.8 Å². The van der Waals surface area contributed by atoms with Crippen molar-refractivity contribution in [2.75, 3.05) is 13.6 Å². The first-order valence-electron chi connectivity index (χ1n) is 6.58. The van der Waals surface area contributed by atoms with Gasteiger partial charge in [0.2, 0.25) is 5.91 Å². The van der Waals surface area contributed by atoms with Crippen molar-refractivity contribution in [3.05, 3.63) is 35.1 Å². The maximum absolute atomic E-state index is 13.9. The van der Waals surface area contributed by atoms with Crippen molar-refractivity contribution in [1.29, 1.82) is 0 Å². The number of carbonyl (C=O) groups excluding carboxylic acids is 1. The molecular weight excluding hydrogens is 245 g/mol. The van der Waals surface area contributed by atoms with Gasteiger partial charge in [0.05, 0.1) is 6.04 Å². The zero-order valence-corrected chi connectivity index (χ0v) is 11.2. The van der Waals surface area contributed by atoms with E-state index in [0.717, 1.165) is 24.9 Å². The first-order chi connectivity index (χ1) is 9.15. The number of nitrogens with one attached hydrogen (secondary N) is 1. The number of benzene rings is 1. The number of nitrogens with zero attached hydrogens (tertiary/aromatic N) is 1. The van der Waals surface area contributed by atoms with Crippen LogP contribution in [0, 0.1) is 5.82 Å². The first-order valence-corrected chi connectivity index (χ1v) is 6.58.